The van der Waals surface area contributed by atoms with E-state index >= 15 is 0 Å². The number of rotatable bonds is 1. The molecule has 80 valence electrons. The van der Waals surface area contributed by atoms with E-state index < -0.39 is 0 Å². The molecule has 0 spiro atoms. The third-order valence-electron chi connectivity index (χ3n) is 3.55. The second-order valence-electron chi connectivity index (χ2n) is 4.64. The van der Waals surface area contributed by atoms with Crippen LogP contribution >= 0.6 is 0 Å². The number of nitrogens with zero attached hydrogens (tertiary/aromatic N) is 2. The normalized spacial score (nSPS) is 21.6. The summed E-state index contributed by atoms with van der Waals surface area (Å²) in [6.07, 6.45) is 8.68. The van der Waals surface area contributed by atoms with E-state index in [4.69, 9.17) is 4.98 Å². The summed E-state index contributed by atoms with van der Waals surface area (Å²) in [6.45, 7) is 1.87. The van der Waals surface area contributed by atoms with Crippen molar-refractivity contribution in [3.05, 3.63) is 23.3 Å². The van der Waals surface area contributed by atoms with Crippen LogP contribution in [-0.4, -0.2) is 9.97 Å². The molecule has 0 saturated heterocycles. The molecular formula is C12H17N3. The molecule has 0 atom stereocenters. The summed E-state index contributed by atoms with van der Waals surface area (Å²) in [7, 11) is 0. The van der Waals surface area contributed by atoms with Crippen molar-refractivity contribution >= 4 is 0 Å². The largest absolute Gasteiger partial charge is 0.307 e. The Bertz CT molecular complexity index is 356. The molecule has 2 aliphatic rings. The fourth-order valence-electron chi connectivity index (χ4n) is 2.63. The molecule has 3 rings (SSSR count). The average Bonchev–Trinajstić information content (AvgIpc) is 2.77. The van der Waals surface area contributed by atoms with Crippen molar-refractivity contribution in [1.29, 1.82) is 0 Å². The molecule has 1 N–H and O–H groups in total. The van der Waals surface area contributed by atoms with Crippen LogP contribution in [0.2, 0.25) is 0 Å². The van der Waals surface area contributed by atoms with Gasteiger partial charge in [0.2, 0.25) is 0 Å². The first-order valence-electron chi connectivity index (χ1n) is 5.99. The van der Waals surface area contributed by atoms with E-state index in [-0.39, 0.29) is 0 Å². The zero-order valence-corrected chi connectivity index (χ0v) is 9.00. The van der Waals surface area contributed by atoms with E-state index in [0.717, 1.165) is 18.9 Å². The van der Waals surface area contributed by atoms with Crippen LogP contribution in [-0.2, 0) is 13.1 Å². The second-order valence-corrected chi connectivity index (χ2v) is 4.64. The smallest absolute Gasteiger partial charge is 0.131 e. The van der Waals surface area contributed by atoms with Crippen LogP contribution in [0.5, 0.6) is 0 Å². The Labute approximate surface area is 90.3 Å². The van der Waals surface area contributed by atoms with Gasteiger partial charge in [0, 0.05) is 30.8 Å². The van der Waals surface area contributed by atoms with E-state index in [1.54, 1.807) is 0 Å². The van der Waals surface area contributed by atoms with Crippen molar-refractivity contribution in [2.75, 3.05) is 0 Å². The molecule has 1 aliphatic heterocycles. The van der Waals surface area contributed by atoms with Gasteiger partial charge in [-0.1, -0.05) is 19.3 Å². The molecule has 3 heteroatoms. The fraction of sp³-hybridized carbons (Fsp3) is 0.667. The van der Waals surface area contributed by atoms with Gasteiger partial charge in [0.05, 0.1) is 5.69 Å². The van der Waals surface area contributed by atoms with Crippen LogP contribution < -0.4 is 5.32 Å². The number of aromatic nitrogens is 2. The molecule has 1 aromatic heterocycles. The lowest BCUT2D eigenvalue weighted by Crippen LogP contribution is -2.10. The molecule has 1 aliphatic carbocycles. The molecule has 0 amide bonds. The molecular weight excluding hydrogens is 186 g/mol. The Morgan fingerprint density at radius 1 is 1.13 bits per heavy atom. The van der Waals surface area contributed by atoms with Gasteiger partial charge in [0.15, 0.2) is 0 Å². The van der Waals surface area contributed by atoms with E-state index in [9.17, 15) is 0 Å². The number of nitrogens with one attached hydrogen (secondary N) is 1. The first-order chi connectivity index (χ1) is 7.43. The van der Waals surface area contributed by atoms with Crippen molar-refractivity contribution in [2.24, 2.45) is 0 Å². The monoisotopic (exact) mass is 203 g/mol. The van der Waals surface area contributed by atoms with E-state index in [0.29, 0.717) is 5.92 Å². The van der Waals surface area contributed by atoms with Crippen molar-refractivity contribution in [3.8, 4) is 0 Å². The minimum absolute atomic E-state index is 0.629. The SMILES string of the molecule is c1nc(C2CCCCC2)nc2c1CNC2. The summed E-state index contributed by atoms with van der Waals surface area (Å²) in [4.78, 5) is 9.23. The summed E-state index contributed by atoms with van der Waals surface area (Å²) in [6, 6.07) is 0. The van der Waals surface area contributed by atoms with Gasteiger partial charge in [-0.3, -0.25) is 0 Å². The molecule has 15 heavy (non-hydrogen) atoms. The molecule has 0 bridgehead atoms. The maximum atomic E-state index is 4.70. The fourth-order valence-corrected chi connectivity index (χ4v) is 2.63. The van der Waals surface area contributed by atoms with Gasteiger partial charge in [-0.25, -0.2) is 9.97 Å². The van der Waals surface area contributed by atoms with Gasteiger partial charge in [-0.05, 0) is 12.8 Å². The lowest BCUT2D eigenvalue weighted by molar-refractivity contribution is 0.427. The Morgan fingerprint density at radius 3 is 2.87 bits per heavy atom. The first kappa shape index (κ1) is 9.28. The predicted molar refractivity (Wildman–Crippen MR) is 58.4 cm³/mol. The van der Waals surface area contributed by atoms with Crippen LogP contribution in [0.15, 0.2) is 6.20 Å². The molecule has 0 aromatic carbocycles. The van der Waals surface area contributed by atoms with Gasteiger partial charge in [-0.2, -0.15) is 0 Å². The Hall–Kier alpha value is -0.960. The third kappa shape index (κ3) is 1.76. The highest BCUT2D eigenvalue weighted by Crippen LogP contribution is 2.31. The number of hydrogen-bond donors (Lipinski definition) is 1. The van der Waals surface area contributed by atoms with Crippen LogP contribution in [0.25, 0.3) is 0 Å². The topological polar surface area (TPSA) is 37.8 Å². The summed E-state index contributed by atoms with van der Waals surface area (Å²) in [5.74, 6) is 1.72. The van der Waals surface area contributed by atoms with Gasteiger partial charge in [0.1, 0.15) is 5.82 Å². The lowest BCUT2D eigenvalue weighted by Gasteiger charge is -2.20. The summed E-state index contributed by atoms with van der Waals surface area (Å²) >= 11 is 0. The highest BCUT2D eigenvalue weighted by Gasteiger charge is 2.20. The van der Waals surface area contributed by atoms with Gasteiger partial charge >= 0.3 is 0 Å². The van der Waals surface area contributed by atoms with Crippen molar-refractivity contribution < 1.29 is 0 Å². The maximum Gasteiger partial charge on any atom is 0.131 e. The van der Waals surface area contributed by atoms with Crippen LogP contribution in [0.1, 0.15) is 55.1 Å². The molecule has 2 heterocycles. The minimum Gasteiger partial charge on any atom is -0.307 e. The Morgan fingerprint density at radius 2 is 2.00 bits per heavy atom. The zero-order valence-electron chi connectivity index (χ0n) is 9.00. The third-order valence-corrected chi connectivity index (χ3v) is 3.55. The molecule has 1 saturated carbocycles. The van der Waals surface area contributed by atoms with Gasteiger partial charge in [0.25, 0.3) is 0 Å². The average molecular weight is 203 g/mol. The first-order valence-corrected chi connectivity index (χ1v) is 5.99. The summed E-state index contributed by atoms with van der Waals surface area (Å²) < 4.78 is 0. The van der Waals surface area contributed by atoms with Crippen LogP contribution in [0.3, 0.4) is 0 Å². The number of fused-ring (bicyclic) bond motifs is 1. The highest BCUT2D eigenvalue weighted by atomic mass is 15.0. The Balaban J connectivity index is 1.85. The second kappa shape index (κ2) is 3.89. The molecule has 1 aromatic rings. The molecule has 0 radical (unpaired) electrons. The molecule has 0 unspecified atom stereocenters. The molecule has 3 nitrogen and oxygen atoms in total. The highest BCUT2D eigenvalue weighted by molar-refractivity contribution is 5.22. The van der Waals surface area contributed by atoms with Crippen molar-refractivity contribution in [3.63, 3.8) is 0 Å². The lowest BCUT2D eigenvalue weighted by atomic mass is 9.88. The van der Waals surface area contributed by atoms with Crippen LogP contribution in [0, 0.1) is 0 Å². The Kier molecular flexibility index (Phi) is 2.41. The summed E-state index contributed by atoms with van der Waals surface area (Å²) in [5.41, 5.74) is 2.51. The zero-order chi connectivity index (χ0) is 10.1. The van der Waals surface area contributed by atoms with Crippen molar-refractivity contribution in [1.82, 2.24) is 15.3 Å². The quantitative estimate of drug-likeness (QED) is 0.759. The van der Waals surface area contributed by atoms with E-state index in [2.05, 4.69) is 10.3 Å². The van der Waals surface area contributed by atoms with Crippen molar-refractivity contribution in [2.45, 2.75) is 51.1 Å². The van der Waals surface area contributed by atoms with Gasteiger partial charge in [-0.15, -0.1) is 0 Å². The minimum atomic E-state index is 0.629. The maximum absolute atomic E-state index is 4.70. The van der Waals surface area contributed by atoms with E-state index in [1.165, 1.54) is 43.4 Å². The van der Waals surface area contributed by atoms with Gasteiger partial charge < -0.3 is 5.32 Å². The van der Waals surface area contributed by atoms with E-state index in [1.807, 2.05) is 6.20 Å². The standard InChI is InChI=1S/C12H17N3/c1-2-4-9(5-3-1)12-14-7-10-6-13-8-11(10)15-12/h7,9,13H,1-6,8H2. The van der Waals surface area contributed by atoms with Crippen LogP contribution in [0.4, 0.5) is 0 Å². The number of hydrogen-bond acceptors (Lipinski definition) is 3. The predicted octanol–water partition coefficient (Wildman–Crippen LogP) is 2.13. The molecule has 1 fully saturated rings. The summed E-state index contributed by atoms with van der Waals surface area (Å²) in [5, 5.41) is 3.32.